The van der Waals surface area contributed by atoms with Gasteiger partial charge < -0.3 is 14.8 Å². The Labute approximate surface area is 172 Å². The molecule has 30 heavy (non-hydrogen) atoms. The van der Waals surface area contributed by atoms with E-state index in [1.54, 1.807) is 4.57 Å². The second kappa shape index (κ2) is 8.01. The van der Waals surface area contributed by atoms with E-state index in [4.69, 9.17) is 0 Å². The van der Waals surface area contributed by atoms with Crippen molar-refractivity contribution in [3.8, 4) is 0 Å². The third-order valence-corrected chi connectivity index (χ3v) is 5.64. The van der Waals surface area contributed by atoms with Gasteiger partial charge in [-0.05, 0) is 62.2 Å². The Kier molecular flexibility index (Phi) is 5.40. The smallest absolute Gasteiger partial charge is 0.372 e. The molecule has 8 heteroatoms. The SMILES string of the molecule is CCn1c(=O)cnc2cc(Nc3ccc(N4CCC(C(F)(F)F)CC4)cc3)ccc21. The maximum absolute atomic E-state index is 12.8. The average Bonchev–Trinajstić information content (AvgIpc) is 2.74. The molecule has 158 valence electrons. The Morgan fingerprint density at radius 3 is 2.37 bits per heavy atom. The van der Waals surface area contributed by atoms with Gasteiger partial charge in [0.05, 0.1) is 23.1 Å². The lowest BCUT2D eigenvalue weighted by Crippen LogP contribution is -2.38. The van der Waals surface area contributed by atoms with Gasteiger partial charge in [0.25, 0.3) is 5.56 Å². The second-order valence-electron chi connectivity index (χ2n) is 7.52. The fraction of sp³-hybridized carbons (Fsp3) is 0.364. The van der Waals surface area contributed by atoms with Crippen LogP contribution < -0.4 is 15.8 Å². The first-order chi connectivity index (χ1) is 14.3. The van der Waals surface area contributed by atoms with Crippen LogP contribution in [0.5, 0.6) is 0 Å². The quantitative estimate of drug-likeness (QED) is 0.655. The zero-order valence-corrected chi connectivity index (χ0v) is 16.6. The number of alkyl halides is 3. The van der Waals surface area contributed by atoms with Gasteiger partial charge in [0.1, 0.15) is 0 Å². The van der Waals surface area contributed by atoms with Crippen LogP contribution in [0.4, 0.5) is 30.2 Å². The van der Waals surface area contributed by atoms with E-state index in [-0.39, 0.29) is 18.4 Å². The molecular weight excluding hydrogens is 393 g/mol. The van der Waals surface area contributed by atoms with Gasteiger partial charge in [-0.15, -0.1) is 0 Å². The number of aryl methyl sites for hydroxylation is 1. The van der Waals surface area contributed by atoms with Crippen LogP contribution in [0.2, 0.25) is 0 Å². The van der Waals surface area contributed by atoms with Gasteiger partial charge in [-0.25, -0.2) is 4.98 Å². The number of halogens is 3. The number of hydrogen-bond acceptors (Lipinski definition) is 4. The minimum Gasteiger partial charge on any atom is -0.372 e. The van der Waals surface area contributed by atoms with E-state index < -0.39 is 12.1 Å². The lowest BCUT2D eigenvalue weighted by Gasteiger charge is -2.34. The van der Waals surface area contributed by atoms with Crippen LogP contribution in [0.3, 0.4) is 0 Å². The molecule has 0 saturated carbocycles. The summed E-state index contributed by atoms with van der Waals surface area (Å²) < 4.78 is 40.2. The number of piperidine rings is 1. The average molecular weight is 416 g/mol. The van der Waals surface area contributed by atoms with Crippen molar-refractivity contribution in [3.05, 3.63) is 59.0 Å². The normalized spacial score (nSPS) is 15.5. The third kappa shape index (κ3) is 4.13. The van der Waals surface area contributed by atoms with Crippen LogP contribution in [0.25, 0.3) is 11.0 Å². The monoisotopic (exact) mass is 416 g/mol. The lowest BCUT2D eigenvalue weighted by molar-refractivity contribution is -0.179. The summed E-state index contributed by atoms with van der Waals surface area (Å²) in [5, 5.41) is 3.31. The number of aromatic nitrogens is 2. The van der Waals surface area contributed by atoms with Crippen molar-refractivity contribution in [2.75, 3.05) is 23.3 Å². The molecule has 3 aromatic rings. The first kappa shape index (κ1) is 20.3. The van der Waals surface area contributed by atoms with Gasteiger partial charge in [-0.2, -0.15) is 13.2 Å². The van der Waals surface area contributed by atoms with Crippen LogP contribution in [-0.4, -0.2) is 28.8 Å². The number of benzene rings is 2. The summed E-state index contributed by atoms with van der Waals surface area (Å²) in [6, 6.07) is 13.3. The highest BCUT2D eigenvalue weighted by Crippen LogP contribution is 2.35. The van der Waals surface area contributed by atoms with E-state index >= 15 is 0 Å². The molecule has 1 saturated heterocycles. The fourth-order valence-corrected chi connectivity index (χ4v) is 3.96. The van der Waals surface area contributed by atoms with Gasteiger partial charge >= 0.3 is 6.18 Å². The largest absolute Gasteiger partial charge is 0.391 e. The van der Waals surface area contributed by atoms with Gasteiger partial charge in [-0.1, -0.05) is 0 Å². The van der Waals surface area contributed by atoms with E-state index in [2.05, 4.69) is 10.3 Å². The summed E-state index contributed by atoms with van der Waals surface area (Å²) in [6.07, 6.45) is -2.50. The molecule has 5 nitrogen and oxygen atoms in total. The Morgan fingerprint density at radius 1 is 1.07 bits per heavy atom. The molecule has 0 spiro atoms. The molecule has 0 atom stereocenters. The van der Waals surface area contributed by atoms with Gasteiger partial charge in [0.15, 0.2) is 0 Å². The maximum Gasteiger partial charge on any atom is 0.391 e. The second-order valence-corrected chi connectivity index (χ2v) is 7.52. The van der Waals surface area contributed by atoms with Crippen LogP contribution in [-0.2, 0) is 6.54 Å². The van der Waals surface area contributed by atoms with E-state index in [1.807, 2.05) is 54.3 Å². The van der Waals surface area contributed by atoms with Crippen molar-refractivity contribution in [2.45, 2.75) is 32.5 Å². The van der Waals surface area contributed by atoms with Gasteiger partial charge in [0.2, 0.25) is 0 Å². The van der Waals surface area contributed by atoms with Crippen molar-refractivity contribution < 1.29 is 13.2 Å². The maximum atomic E-state index is 12.8. The van der Waals surface area contributed by atoms with E-state index in [1.165, 1.54) is 6.20 Å². The molecule has 2 aromatic carbocycles. The summed E-state index contributed by atoms with van der Waals surface area (Å²) in [5.74, 6) is -1.19. The topological polar surface area (TPSA) is 50.2 Å². The van der Waals surface area contributed by atoms with Crippen molar-refractivity contribution in [3.63, 3.8) is 0 Å². The molecule has 0 aliphatic carbocycles. The molecule has 4 rings (SSSR count). The minimum absolute atomic E-state index is 0.124. The predicted molar refractivity (Wildman–Crippen MR) is 112 cm³/mol. The number of anilines is 3. The van der Waals surface area contributed by atoms with Crippen molar-refractivity contribution in [1.82, 2.24) is 9.55 Å². The summed E-state index contributed by atoms with van der Waals surface area (Å²) in [4.78, 5) is 18.1. The Bertz CT molecular complexity index is 1080. The van der Waals surface area contributed by atoms with Gasteiger partial charge in [0, 0.05) is 36.7 Å². The number of nitrogens with one attached hydrogen (secondary N) is 1. The first-order valence-electron chi connectivity index (χ1n) is 10.0. The molecular formula is C22H23F3N4O. The van der Waals surface area contributed by atoms with Crippen LogP contribution in [0.1, 0.15) is 19.8 Å². The molecule has 0 radical (unpaired) electrons. The molecule has 0 amide bonds. The highest BCUT2D eigenvalue weighted by molar-refractivity contribution is 5.80. The van der Waals surface area contributed by atoms with Crippen LogP contribution in [0, 0.1) is 5.92 Å². The van der Waals surface area contributed by atoms with E-state index in [0.717, 1.165) is 28.1 Å². The summed E-state index contributed by atoms with van der Waals surface area (Å²) >= 11 is 0. The molecule has 0 unspecified atom stereocenters. The van der Waals surface area contributed by atoms with E-state index in [0.29, 0.717) is 19.6 Å². The predicted octanol–water partition coefficient (Wildman–Crippen LogP) is 4.94. The molecule has 1 fully saturated rings. The summed E-state index contributed by atoms with van der Waals surface area (Å²) in [6.45, 7) is 3.31. The van der Waals surface area contributed by atoms with Crippen molar-refractivity contribution in [1.29, 1.82) is 0 Å². The fourth-order valence-electron chi connectivity index (χ4n) is 3.96. The molecule has 1 aliphatic rings. The minimum atomic E-state index is -4.10. The highest BCUT2D eigenvalue weighted by atomic mass is 19.4. The number of rotatable bonds is 4. The Morgan fingerprint density at radius 2 is 1.73 bits per heavy atom. The molecule has 2 heterocycles. The lowest BCUT2D eigenvalue weighted by atomic mass is 9.96. The van der Waals surface area contributed by atoms with Crippen LogP contribution >= 0.6 is 0 Å². The van der Waals surface area contributed by atoms with Crippen molar-refractivity contribution >= 4 is 28.1 Å². The zero-order valence-electron chi connectivity index (χ0n) is 16.6. The number of nitrogens with zero attached hydrogens (tertiary/aromatic N) is 3. The molecule has 0 bridgehead atoms. The third-order valence-electron chi connectivity index (χ3n) is 5.64. The Hall–Kier alpha value is -3.03. The van der Waals surface area contributed by atoms with Crippen molar-refractivity contribution in [2.24, 2.45) is 5.92 Å². The zero-order chi connectivity index (χ0) is 21.3. The molecule has 1 N–H and O–H groups in total. The first-order valence-corrected chi connectivity index (χ1v) is 10.0. The number of fused-ring (bicyclic) bond motifs is 1. The number of hydrogen-bond donors (Lipinski definition) is 1. The van der Waals surface area contributed by atoms with Crippen LogP contribution in [0.15, 0.2) is 53.5 Å². The standard InChI is InChI=1S/C22H23F3N4O/c1-2-29-20-8-5-17(13-19(20)26-14-21(29)30)27-16-3-6-18(7-4-16)28-11-9-15(10-12-28)22(23,24)25/h3-8,13-15,27H,2,9-12H2,1H3. The molecule has 1 aromatic heterocycles. The summed E-state index contributed by atoms with van der Waals surface area (Å²) in [5.41, 5.74) is 4.02. The Balaban J connectivity index is 1.45. The molecule has 1 aliphatic heterocycles. The van der Waals surface area contributed by atoms with E-state index in [9.17, 15) is 18.0 Å². The highest BCUT2D eigenvalue weighted by Gasteiger charge is 2.41. The van der Waals surface area contributed by atoms with Gasteiger partial charge in [-0.3, -0.25) is 4.79 Å². The summed E-state index contributed by atoms with van der Waals surface area (Å²) in [7, 11) is 0.